The molecule has 1 fully saturated rings. The first-order valence-electron chi connectivity index (χ1n) is 8.63. The number of ether oxygens (including phenoxy) is 1. The predicted octanol–water partition coefficient (Wildman–Crippen LogP) is 2.54. The Morgan fingerprint density at radius 1 is 1.20 bits per heavy atom. The molecule has 2 amide bonds. The topological polar surface area (TPSA) is 105 Å². The summed E-state index contributed by atoms with van der Waals surface area (Å²) in [5, 5.41) is 14.7. The number of rotatable bonds is 7. The lowest BCUT2D eigenvalue weighted by atomic mass is 9.80. The van der Waals surface area contributed by atoms with Crippen LogP contribution < -0.4 is 10.6 Å². The number of carbonyl (C=O) groups is 3. The molecule has 7 nitrogen and oxygen atoms in total. The molecule has 1 rings (SSSR count). The number of carboxylic acid groups (broad SMARTS) is 1. The van der Waals surface area contributed by atoms with Crippen molar-refractivity contribution in [1.82, 2.24) is 10.6 Å². The lowest BCUT2D eigenvalue weighted by Gasteiger charge is -2.37. The van der Waals surface area contributed by atoms with Gasteiger partial charge >= 0.3 is 12.1 Å². The minimum absolute atomic E-state index is 0.338. The summed E-state index contributed by atoms with van der Waals surface area (Å²) in [6.07, 6.45) is 5.11. The number of thioether (sulfide) groups is 1. The van der Waals surface area contributed by atoms with Crippen molar-refractivity contribution in [3.63, 3.8) is 0 Å². The van der Waals surface area contributed by atoms with Crippen LogP contribution in [0.4, 0.5) is 4.79 Å². The molecular formula is C17H30N2O5S. The van der Waals surface area contributed by atoms with E-state index >= 15 is 0 Å². The van der Waals surface area contributed by atoms with Crippen molar-refractivity contribution in [3.8, 4) is 0 Å². The molecule has 0 unspecified atom stereocenters. The fraction of sp³-hybridized carbons (Fsp3) is 0.824. The van der Waals surface area contributed by atoms with Crippen LogP contribution in [0, 0.1) is 0 Å². The van der Waals surface area contributed by atoms with Crippen LogP contribution in [-0.2, 0) is 14.3 Å². The van der Waals surface area contributed by atoms with Crippen LogP contribution in [0.2, 0.25) is 0 Å². The molecule has 1 saturated carbocycles. The third-order valence-electron chi connectivity index (χ3n) is 4.10. The summed E-state index contributed by atoms with van der Waals surface area (Å²) in [7, 11) is 0. The molecule has 0 aromatic heterocycles. The number of aliphatic carboxylic acids is 1. The lowest BCUT2D eigenvalue weighted by molar-refractivity contribution is -0.143. The highest BCUT2D eigenvalue weighted by Gasteiger charge is 2.43. The molecule has 0 saturated heterocycles. The molecule has 0 aliphatic heterocycles. The van der Waals surface area contributed by atoms with Gasteiger partial charge in [-0.05, 0) is 52.0 Å². The van der Waals surface area contributed by atoms with Crippen LogP contribution in [-0.4, -0.2) is 52.3 Å². The van der Waals surface area contributed by atoms with Gasteiger partial charge in [0, 0.05) is 0 Å². The second kappa shape index (κ2) is 9.31. The van der Waals surface area contributed by atoms with Gasteiger partial charge in [-0.25, -0.2) is 9.59 Å². The van der Waals surface area contributed by atoms with Crippen molar-refractivity contribution in [2.45, 2.75) is 76.5 Å². The van der Waals surface area contributed by atoms with Gasteiger partial charge < -0.3 is 20.5 Å². The van der Waals surface area contributed by atoms with Crippen molar-refractivity contribution >= 4 is 29.7 Å². The molecule has 0 bridgehead atoms. The highest BCUT2D eigenvalue weighted by atomic mass is 32.2. The Morgan fingerprint density at radius 2 is 1.80 bits per heavy atom. The number of alkyl carbamates (subject to hydrolysis) is 1. The number of carboxylic acids is 1. The molecule has 8 heteroatoms. The second-order valence-electron chi connectivity index (χ2n) is 7.42. The number of hydrogen-bond donors (Lipinski definition) is 3. The summed E-state index contributed by atoms with van der Waals surface area (Å²) in [5.41, 5.74) is -1.77. The van der Waals surface area contributed by atoms with Gasteiger partial charge in [-0.3, -0.25) is 4.79 Å². The molecule has 144 valence electrons. The van der Waals surface area contributed by atoms with Crippen LogP contribution in [0.3, 0.4) is 0 Å². The van der Waals surface area contributed by atoms with Crippen molar-refractivity contribution in [2.75, 3.05) is 12.0 Å². The van der Waals surface area contributed by atoms with Gasteiger partial charge in [0.25, 0.3) is 0 Å². The molecule has 0 heterocycles. The van der Waals surface area contributed by atoms with Crippen LogP contribution >= 0.6 is 11.8 Å². The smallest absolute Gasteiger partial charge is 0.408 e. The summed E-state index contributed by atoms with van der Waals surface area (Å²) in [5.74, 6) is -0.874. The van der Waals surface area contributed by atoms with Crippen LogP contribution in [0.5, 0.6) is 0 Å². The Labute approximate surface area is 153 Å². The van der Waals surface area contributed by atoms with Gasteiger partial charge in [0.15, 0.2) is 0 Å². The fourth-order valence-corrected chi connectivity index (χ4v) is 3.32. The molecule has 1 atom stereocenters. The van der Waals surface area contributed by atoms with E-state index in [4.69, 9.17) is 4.74 Å². The summed E-state index contributed by atoms with van der Waals surface area (Å²) in [6.45, 7) is 5.26. The lowest BCUT2D eigenvalue weighted by Crippen LogP contribution is -2.62. The molecule has 0 spiro atoms. The number of nitrogens with one attached hydrogen (secondary N) is 2. The quantitative estimate of drug-likeness (QED) is 0.632. The zero-order valence-corrected chi connectivity index (χ0v) is 16.3. The van der Waals surface area contributed by atoms with E-state index in [0.29, 0.717) is 25.0 Å². The molecule has 1 aliphatic rings. The largest absolute Gasteiger partial charge is 0.480 e. The highest BCUT2D eigenvalue weighted by Crippen LogP contribution is 2.29. The maximum absolute atomic E-state index is 12.8. The molecule has 0 aromatic carbocycles. The molecule has 3 N–H and O–H groups in total. The van der Waals surface area contributed by atoms with E-state index in [1.807, 2.05) is 6.26 Å². The van der Waals surface area contributed by atoms with E-state index in [2.05, 4.69) is 10.6 Å². The molecular weight excluding hydrogens is 344 g/mol. The van der Waals surface area contributed by atoms with E-state index in [9.17, 15) is 19.5 Å². The SMILES string of the molecule is CSCC[C@@H](NC(=O)C1(NC(=O)OC(C)(C)C)CCCCC1)C(=O)O. The van der Waals surface area contributed by atoms with Crippen molar-refractivity contribution < 1.29 is 24.2 Å². The normalized spacial score (nSPS) is 18.1. The van der Waals surface area contributed by atoms with E-state index in [-0.39, 0.29) is 0 Å². The average Bonchev–Trinajstić information content (AvgIpc) is 2.49. The highest BCUT2D eigenvalue weighted by molar-refractivity contribution is 7.98. The first-order chi connectivity index (χ1) is 11.6. The first kappa shape index (κ1) is 21.6. The van der Waals surface area contributed by atoms with Gasteiger partial charge in [0.2, 0.25) is 5.91 Å². The summed E-state index contributed by atoms with van der Waals surface area (Å²) < 4.78 is 5.28. The maximum Gasteiger partial charge on any atom is 0.408 e. The van der Waals surface area contributed by atoms with E-state index in [1.165, 1.54) is 11.8 Å². The van der Waals surface area contributed by atoms with Gasteiger partial charge in [0.1, 0.15) is 17.2 Å². The van der Waals surface area contributed by atoms with Crippen molar-refractivity contribution in [2.24, 2.45) is 0 Å². The second-order valence-corrected chi connectivity index (χ2v) is 8.40. The Bertz CT molecular complexity index is 484. The zero-order chi connectivity index (χ0) is 19.1. The maximum atomic E-state index is 12.8. The predicted molar refractivity (Wildman–Crippen MR) is 97.8 cm³/mol. The van der Waals surface area contributed by atoms with Gasteiger partial charge in [-0.15, -0.1) is 0 Å². The average molecular weight is 375 g/mol. The summed E-state index contributed by atoms with van der Waals surface area (Å²) in [6, 6.07) is -0.959. The van der Waals surface area contributed by atoms with Crippen molar-refractivity contribution in [3.05, 3.63) is 0 Å². The minimum Gasteiger partial charge on any atom is -0.480 e. The summed E-state index contributed by atoms with van der Waals surface area (Å²) >= 11 is 1.52. The summed E-state index contributed by atoms with van der Waals surface area (Å²) in [4.78, 5) is 36.4. The Balaban J connectivity index is 2.86. The minimum atomic E-state index is -1.10. The molecule has 0 radical (unpaired) electrons. The van der Waals surface area contributed by atoms with Crippen molar-refractivity contribution in [1.29, 1.82) is 0 Å². The van der Waals surface area contributed by atoms with Gasteiger partial charge in [0.05, 0.1) is 0 Å². The van der Waals surface area contributed by atoms with Crippen LogP contribution in [0.25, 0.3) is 0 Å². The Hall–Kier alpha value is -1.44. The molecule has 0 aromatic rings. The van der Waals surface area contributed by atoms with E-state index < -0.39 is 35.2 Å². The zero-order valence-electron chi connectivity index (χ0n) is 15.5. The van der Waals surface area contributed by atoms with Crippen LogP contribution in [0.15, 0.2) is 0 Å². The molecule has 25 heavy (non-hydrogen) atoms. The van der Waals surface area contributed by atoms with E-state index in [1.54, 1.807) is 20.8 Å². The van der Waals surface area contributed by atoms with Gasteiger partial charge in [-0.1, -0.05) is 19.3 Å². The number of hydrogen-bond acceptors (Lipinski definition) is 5. The fourth-order valence-electron chi connectivity index (χ4n) is 2.85. The molecule has 1 aliphatic carbocycles. The number of amides is 2. The van der Waals surface area contributed by atoms with Crippen LogP contribution in [0.1, 0.15) is 59.3 Å². The Morgan fingerprint density at radius 3 is 2.28 bits per heavy atom. The van der Waals surface area contributed by atoms with E-state index in [0.717, 1.165) is 19.3 Å². The number of carbonyl (C=O) groups excluding carboxylic acids is 2. The Kier molecular flexibility index (Phi) is 8.05. The third kappa shape index (κ3) is 7.13. The third-order valence-corrected chi connectivity index (χ3v) is 4.74. The first-order valence-corrected chi connectivity index (χ1v) is 10.0. The monoisotopic (exact) mass is 374 g/mol. The standard InChI is InChI=1S/C17H30N2O5S/c1-16(2,3)24-15(23)19-17(9-6-5-7-10-17)14(22)18-12(13(20)21)8-11-25-4/h12H,5-11H2,1-4H3,(H,18,22)(H,19,23)(H,20,21)/t12-/m1/s1. The van der Waals surface area contributed by atoms with Gasteiger partial charge in [-0.2, -0.15) is 11.8 Å².